The molecule has 1 heterocycles. The lowest BCUT2D eigenvalue weighted by Crippen LogP contribution is -2.28. The van der Waals surface area contributed by atoms with E-state index in [1.807, 2.05) is 6.92 Å². The van der Waals surface area contributed by atoms with E-state index in [1.54, 1.807) is 0 Å². The molecule has 0 radical (unpaired) electrons. The predicted octanol–water partition coefficient (Wildman–Crippen LogP) is 1.91. The molecule has 94 valence electrons. The number of benzene rings is 1. The van der Waals surface area contributed by atoms with Crippen molar-refractivity contribution in [2.75, 3.05) is 6.54 Å². The molecule has 0 fully saturated rings. The van der Waals surface area contributed by atoms with E-state index < -0.39 is 4.92 Å². The minimum Gasteiger partial charge on any atom is -0.337 e. The maximum absolute atomic E-state index is 11.8. The zero-order valence-electron chi connectivity index (χ0n) is 9.79. The van der Waals surface area contributed by atoms with E-state index in [0.717, 1.165) is 6.42 Å². The van der Waals surface area contributed by atoms with Crippen LogP contribution in [-0.4, -0.2) is 27.1 Å². The third-order valence-corrected chi connectivity index (χ3v) is 2.49. The highest BCUT2D eigenvalue weighted by Gasteiger charge is 2.12. The topological polar surface area (TPSA) is 90.1 Å². The van der Waals surface area contributed by atoms with Crippen molar-refractivity contribution in [1.29, 1.82) is 0 Å². The first kappa shape index (κ1) is 12.0. The summed E-state index contributed by atoms with van der Waals surface area (Å²) in [5.74, 6) is 0. The number of nitro benzene ring substituents is 1. The Hall–Kier alpha value is -2.44. The first-order valence-electron chi connectivity index (χ1n) is 5.53. The van der Waals surface area contributed by atoms with Crippen LogP contribution < -0.4 is 5.32 Å². The standard InChI is InChI=1S/C11H12N4O3/c1-2-5-12-11(16)14-7-13-9-6-8(15(17)18)3-4-10(9)14/h3-4,6-7H,2,5H2,1H3,(H,12,16). The maximum Gasteiger partial charge on any atom is 0.327 e. The van der Waals surface area contributed by atoms with Gasteiger partial charge in [0.2, 0.25) is 0 Å². The summed E-state index contributed by atoms with van der Waals surface area (Å²) >= 11 is 0. The lowest BCUT2D eigenvalue weighted by atomic mass is 10.3. The number of hydrogen-bond donors (Lipinski definition) is 1. The smallest absolute Gasteiger partial charge is 0.327 e. The fourth-order valence-electron chi connectivity index (χ4n) is 1.59. The number of non-ortho nitro benzene ring substituents is 1. The highest BCUT2D eigenvalue weighted by molar-refractivity contribution is 5.89. The molecule has 1 amide bonds. The Labute approximate surface area is 103 Å². The van der Waals surface area contributed by atoms with Gasteiger partial charge in [0.1, 0.15) is 6.33 Å². The lowest BCUT2D eigenvalue weighted by molar-refractivity contribution is -0.384. The molecular weight excluding hydrogens is 236 g/mol. The van der Waals surface area contributed by atoms with Gasteiger partial charge in [0.25, 0.3) is 5.69 Å². The van der Waals surface area contributed by atoms with Crippen LogP contribution in [0.2, 0.25) is 0 Å². The fourth-order valence-corrected chi connectivity index (χ4v) is 1.59. The molecule has 0 bridgehead atoms. The van der Waals surface area contributed by atoms with E-state index in [-0.39, 0.29) is 11.7 Å². The zero-order chi connectivity index (χ0) is 13.1. The molecule has 7 nitrogen and oxygen atoms in total. The van der Waals surface area contributed by atoms with E-state index in [2.05, 4.69) is 10.3 Å². The van der Waals surface area contributed by atoms with Crippen LogP contribution in [0.25, 0.3) is 11.0 Å². The first-order chi connectivity index (χ1) is 8.63. The quantitative estimate of drug-likeness (QED) is 0.663. The number of rotatable bonds is 3. The highest BCUT2D eigenvalue weighted by Crippen LogP contribution is 2.19. The minimum absolute atomic E-state index is 0.0401. The van der Waals surface area contributed by atoms with Crippen molar-refractivity contribution < 1.29 is 9.72 Å². The summed E-state index contributed by atoms with van der Waals surface area (Å²) in [6.07, 6.45) is 2.20. The molecule has 2 rings (SSSR count). The molecular formula is C11H12N4O3. The first-order valence-corrected chi connectivity index (χ1v) is 5.53. The molecule has 0 saturated carbocycles. The number of hydrogen-bond acceptors (Lipinski definition) is 4. The van der Waals surface area contributed by atoms with Crippen molar-refractivity contribution in [3.05, 3.63) is 34.6 Å². The molecule has 0 saturated heterocycles. The molecule has 0 unspecified atom stereocenters. The number of nitrogens with one attached hydrogen (secondary N) is 1. The molecule has 1 aromatic carbocycles. The molecule has 0 spiro atoms. The van der Waals surface area contributed by atoms with Crippen molar-refractivity contribution >= 4 is 22.8 Å². The number of aromatic nitrogens is 2. The average molecular weight is 248 g/mol. The Morgan fingerprint density at radius 3 is 3.00 bits per heavy atom. The Kier molecular flexibility index (Phi) is 3.22. The SMILES string of the molecule is CCCNC(=O)n1cnc2cc([N+](=O)[O-])ccc21. The summed E-state index contributed by atoms with van der Waals surface area (Å²) in [6, 6.07) is 3.94. The molecule has 2 aromatic rings. The van der Waals surface area contributed by atoms with Crippen LogP contribution >= 0.6 is 0 Å². The Morgan fingerprint density at radius 2 is 2.33 bits per heavy atom. The van der Waals surface area contributed by atoms with Crippen LogP contribution in [0, 0.1) is 10.1 Å². The zero-order valence-corrected chi connectivity index (χ0v) is 9.79. The van der Waals surface area contributed by atoms with Crippen LogP contribution in [0.15, 0.2) is 24.5 Å². The second-order valence-corrected chi connectivity index (χ2v) is 3.78. The van der Waals surface area contributed by atoms with Gasteiger partial charge in [-0.3, -0.25) is 14.7 Å². The summed E-state index contributed by atoms with van der Waals surface area (Å²) in [4.78, 5) is 25.9. The van der Waals surface area contributed by atoms with Gasteiger partial charge in [0, 0.05) is 18.7 Å². The van der Waals surface area contributed by atoms with Crippen molar-refractivity contribution in [3.8, 4) is 0 Å². The molecule has 1 aromatic heterocycles. The lowest BCUT2D eigenvalue weighted by Gasteiger charge is -2.04. The Morgan fingerprint density at radius 1 is 1.56 bits per heavy atom. The van der Waals surface area contributed by atoms with E-state index in [1.165, 1.54) is 29.1 Å². The second kappa shape index (κ2) is 4.82. The van der Waals surface area contributed by atoms with Gasteiger partial charge in [0.15, 0.2) is 0 Å². The largest absolute Gasteiger partial charge is 0.337 e. The van der Waals surface area contributed by atoms with Crippen LogP contribution in [0.3, 0.4) is 0 Å². The Balaban J connectivity index is 2.37. The number of carbonyl (C=O) groups excluding carboxylic acids is 1. The van der Waals surface area contributed by atoms with Crippen LogP contribution in [0.4, 0.5) is 10.5 Å². The minimum atomic E-state index is -0.490. The second-order valence-electron chi connectivity index (χ2n) is 3.78. The van der Waals surface area contributed by atoms with Crippen molar-refractivity contribution in [1.82, 2.24) is 14.9 Å². The van der Waals surface area contributed by atoms with E-state index >= 15 is 0 Å². The maximum atomic E-state index is 11.8. The van der Waals surface area contributed by atoms with E-state index in [4.69, 9.17) is 0 Å². The number of amides is 1. The molecule has 0 atom stereocenters. The normalized spacial score (nSPS) is 10.5. The molecule has 0 aliphatic carbocycles. The molecule has 1 N–H and O–H groups in total. The van der Waals surface area contributed by atoms with Crippen molar-refractivity contribution in [2.24, 2.45) is 0 Å². The summed E-state index contributed by atoms with van der Waals surface area (Å²) in [5, 5.41) is 13.3. The molecule has 0 aliphatic heterocycles. The monoisotopic (exact) mass is 248 g/mol. The average Bonchev–Trinajstić information content (AvgIpc) is 2.78. The molecule has 7 heteroatoms. The molecule has 0 aliphatic rings. The van der Waals surface area contributed by atoms with Crippen LogP contribution in [0.1, 0.15) is 13.3 Å². The number of nitrogens with zero attached hydrogens (tertiary/aromatic N) is 3. The van der Waals surface area contributed by atoms with Gasteiger partial charge in [-0.25, -0.2) is 9.78 Å². The van der Waals surface area contributed by atoms with Gasteiger partial charge in [-0.2, -0.15) is 0 Å². The summed E-state index contributed by atoms with van der Waals surface area (Å²) in [6.45, 7) is 2.53. The van der Waals surface area contributed by atoms with Crippen molar-refractivity contribution in [3.63, 3.8) is 0 Å². The van der Waals surface area contributed by atoms with Gasteiger partial charge in [-0.15, -0.1) is 0 Å². The van der Waals surface area contributed by atoms with E-state index in [0.29, 0.717) is 17.6 Å². The highest BCUT2D eigenvalue weighted by atomic mass is 16.6. The van der Waals surface area contributed by atoms with Gasteiger partial charge in [-0.05, 0) is 12.5 Å². The van der Waals surface area contributed by atoms with Gasteiger partial charge in [-0.1, -0.05) is 6.92 Å². The predicted molar refractivity (Wildman–Crippen MR) is 65.5 cm³/mol. The van der Waals surface area contributed by atoms with E-state index in [9.17, 15) is 14.9 Å². The number of carbonyl (C=O) groups is 1. The van der Waals surface area contributed by atoms with Gasteiger partial charge >= 0.3 is 6.03 Å². The summed E-state index contributed by atoms with van der Waals surface area (Å²) in [5.41, 5.74) is 0.937. The van der Waals surface area contributed by atoms with Crippen LogP contribution in [0.5, 0.6) is 0 Å². The van der Waals surface area contributed by atoms with Gasteiger partial charge in [0.05, 0.1) is 16.0 Å². The number of fused-ring (bicyclic) bond motifs is 1. The third kappa shape index (κ3) is 2.15. The summed E-state index contributed by atoms with van der Waals surface area (Å²) in [7, 11) is 0. The van der Waals surface area contributed by atoms with Crippen LogP contribution in [-0.2, 0) is 0 Å². The third-order valence-electron chi connectivity index (χ3n) is 2.49. The number of nitro groups is 1. The van der Waals surface area contributed by atoms with Gasteiger partial charge < -0.3 is 5.32 Å². The Bertz CT molecular complexity index is 605. The fraction of sp³-hybridized carbons (Fsp3) is 0.273. The summed E-state index contributed by atoms with van der Waals surface area (Å²) < 4.78 is 1.34. The molecule has 18 heavy (non-hydrogen) atoms. The number of imidazole rings is 1. The van der Waals surface area contributed by atoms with Crippen molar-refractivity contribution in [2.45, 2.75) is 13.3 Å².